The minimum Gasteiger partial charge on any atom is -0.481 e. The van der Waals surface area contributed by atoms with E-state index in [1.807, 2.05) is 4.90 Å². The van der Waals surface area contributed by atoms with Crippen LogP contribution in [0, 0.1) is 0 Å². The van der Waals surface area contributed by atoms with Crippen molar-refractivity contribution in [2.24, 2.45) is 0 Å². The van der Waals surface area contributed by atoms with Gasteiger partial charge < -0.3 is 19.3 Å². The summed E-state index contributed by atoms with van der Waals surface area (Å²) in [6, 6.07) is 3.45. The van der Waals surface area contributed by atoms with Crippen molar-refractivity contribution in [2.75, 3.05) is 51.4 Å². The molecule has 164 valence electrons. The van der Waals surface area contributed by atoms with Crippen molar-refractivity contribution in [3.63, 3.8) is 0 Å². The van der Waals surface area contributed by atoms with E-state index in [0.29, 0.717) is 43.7 Å². The molecule has 5 rings (SSSR count). The van der Waals surface area contributed by atoms with E-state index in [1.54, 1.807) is 25.4 Å². The quantitative estimate of drug-likeness (QED) is 0.787. The second-order valence-corrected chi connectivity index (χ2v) is 8.48. The first-order chi connectivity index (χ1) is 15.1. The fraction of sp³-hybridized carbons (Fsp3) is 0.545. The van der Waals surface area contributed by atoms with E-state index in [0.717, 1.165) is 50.0 Å². The maximum absolute atomic E-state index is 12.9. The zero-order valence-electron chi connectivity index (χ0n) is 17.7. The van der Waals surface area contributed by atoms with Gasteiger partial charge >= 0.3 is 0 Å². The maximum atomic E-state index is 12.9. The number of nitrogens with one attached hydrogen (secondary N) is 1. The second-order valence-electron chi connectivity index (χ2n) is 8.48. The number of carbonyl (C=O) groups excluding carboxylic acids is 1. The van der Waals surface area contributed by atoms with E-state index < -0.39 is 0 Å². The SMILES string of the molecule is COc1ccc(C(=O)N2CCC3(CCc4c3nc(N3CCOCC3)[nH]c4=O)CC2)cn1. The summed E-state index contributed by atoms with van der Waals surface area (Å²) in [5.74, 6) is 1.12. The fourth-order valence-electron chi connectivity index (χ4n) is 5.00. The summed E-state index contributed by atoms with van der Waals surface area (Å²) in [6.45, 7) is 4.03. The van der Waals surface area contributed by atoms with Gasteiger partial charge in [0.25, 0.3) is 11.5 Å². The number of nitrogens with zero attached hydrogens (tertiary/aromatic N) is 4. The maximum Gasteiger partial charge on any atom is 0.255 e. The molecule has 9 heteroatoms. The Labute approximate surface area is 180 Å². The van der Waals surface area contributed by atoms with Crippen LogP contribution in [0.1, 0.15) is 40.9 Å². The van der Waals surface area contributed by atoms with Crippen LogP contribution in [0.4, 0.5) is 5.95 Å². The number of hydrogen-bond acceptors (Lipinski definition) is 7. The molecule has 1 aliphatic carbocycles. The lowest BCUT2D eigenvalue weighted by atomic mass is 9.76. The third kappa shape index (κ3) is 3.56. The molecule has 2 aromatic heterocycles. The number of methoxy groups -OCH3 is 1. The van der Waals surface area contributed by atoms with Gasteiger partial charge in [0, 0.05) is 49.4 Å². The number of morpholine rings is 1. The highest BCUT2D eigenvalue weighted by Crippen LogP contribution is 2.44. The number of hydrogen-bond donors (Lipinski definition) is 1. The summed E-state index contributed by atoms with van der Waals surface area (Å²) in [7, 11) is 1.55. The molecule has 2 fully saturated rings. The van der Waals surface area contributed by atoms with Gasteiger partial charge in [-0.1, -0.05) is 0 Å². The van der Waals surface area contributed by atoms with E-state index in [9.17, 15) is 9.59 Å². The minimum atomic E-state index is -0.125. The van der Waals surface area contributed by atoms with Gasteiger partial charge in [-0.2, -0.15) is 0 Å². The predicted molar refractivity (Wildman–Crippen MR) is 114 cm³/mol. The van der Waals surface area contributed by atoms with Gasteiger partial charge in [-0.25, -0.2) is 9.97 Å². The molecule has 0 bridgehead atoms. The molecule has 31 heavy (non-hydrogen) atoms. The molecule has 1 amide bonds. The summed E-state index contributed by atoms with van der Waals surface area (Å²) in [5.41, 5.74) is 2.17. The number of likely N-dealkylation sites (tertiary alicyclic amines) is 1. The Kier molecular flexibility index (Phi) is 5.13. The number of amides is 1. The summed E-state index contributed by atoms with van der Waals surface area (Å²) >= 11 is 0. The van der Waals surface area contributed by atoms with Crippen molar-refractivity contribution in [1.82, 2.24) is 19.9 Å². The summed E-state index contributed by atoms with van der Waals surface area (Å²) in [5, 5.41) is 0. The number of pyridine rings is 1. The first kappa shape index (κ1) is 20.0. The zero-order chi connectivity index (χ0) is 21.4. The van der Waals surface area contributed by atoms with Crippen molar-refractivity contribution in [3.8, 4) is 5.88 Å². The summed E-state index contributed by atoms with van der Waals surface area (Å²) in [6.07, 6.45) is 4.85. The zero-order valence-corrected chi connectivity index (χ0v) is 17.7. The minimum absolute atomic E-state index is 0.0175. The molecule has 9 nitrogen and oxygen atoms in total. The van der Waals surface area contributed by atoms with Crippen LogP contribution in [-0.2, 0) is 16.6 Å². The molecule has 4 heterocycles. The van der Waals surface area contributed by atoms with Gasteiger partial charge in [0.2, 0.25) is 11.8 Å². The van der Waals surface area contributed by atoms with Gasteiger partial charge in [-0.3, -0.25) is 14.6 Å². The molecular formula is C22H27N5O4. The third-order valence-electron chi connectivity index (χ3n) is 6.87. The number of ether oxygens (including phenoxy) is 2. The Morgan fingerprint density at radius 2 is 1.94 bits per heavy atom. The number of fused-ring (bicyclic) bond motifs is 2. The van der Waals surface area contributed by atoms with E-state index in [-0.39, 0.29) is 16.9 Å². The Hall–Kier alpha value is -2.94. The Bertz CT molecular complexity index is 1020. The standard InChI is InChI=1S/C22H27N5O4/c1-30-17-3-2-15(14-23-17)20(29)26-8-6-22(7-9-26)5-4-16-18(22)24-21(25-19(16)28)27-10-12-31-13-11-27/h2-3,14H,4-13H2,1H3,(H,24,25,28). The Balaban J connectivity index is 1.34. The number of piperidine rings is 1. The number of anilines is 1. The van der Waals surface area contributed by atoms with E-state index in [2.05, 4.69) is 14.9 Å². The Morgan fingerprint density at radius 1 is 1.16 bits per heavy atom. The lowest BCUT2D eigenvalue weighted by Gasteiger charge is -2.39. The van der Waals surface area contributed by atoms with Crippen LogP contribution in [0.25, 0.3) is 0 Å². The van der Waals surface area contributed by atoms with Crippen molar-refractivity contribution in [2.45, 2.75) is 31.1 Å². The van der Waals surface area contributed by atoms with Gasteiger partial charge in [0.15, 0.2) is 0 Å². The van der Waals surface area contributed by atoms with Gasteiger partial charge in [0.1, 0.15) is 0 Å². The number of rotatable bonds is 3. The topological polar surface area (TPSA) is 101 Å². The van der Waals surface area contributed by atoms with Crippen LogP contribution in [0.2, 0.25) is 0 Å². The fourth-order valence-corrected chi connectivity index (χ4v) is 5.00. The normalized spacial score (nSPS) is 20.0. The molecule has 2 aliphatic heterocycles. The van der Waals surface area contributed by atoms with Gasteiger partial charge in [0.05, 0.1) is 31.6 Å². The highest BCUT2D eigenvalue weighted by molar-refractivity contribution is 5.94. The highest BCUT2D eigenvalue weighted by atomic mass is 16.5. The first-order valence-electron chi connectivity index (χ1n) is 10.9. The lowest BCUT2D eigenvalue weighted by Crippen LogP contribution is -2.45. The monoisotopic (exact) mass is 425 g/mol. The van der Waals surface area contributed by atoms with E-state index in [4.69, 9.17) is 14.5 Å². The molecule has 0 radical (unpaired) electrons. The number of aromatic nitrogens is 3. The van der Waals surface area contributed by atoms with Crippen LogP contribution in [0.15, 0.2) is 23.1 Å². The molecule has 2 saturated heterocycles. The van der Waals surface area contributed by atoms with Gasteiger partial charge in [-0.05, 0) is 31.7 Å². The molecule has 0 saturated carbocycles. The molecule has 2 aromatic rings. The summed E-state index contributed by atoms with van der Waals surface area (Å²) < 4.78 is 10.5. The van der Waals surface area contributed by atoms with Crippen LogP contribution in [0.3, 0.4) is 0 Å². The first-order valence-corrected chi connectivity index (χ1v) is 10.9. The molecule has 3 aliphatic rings. The van der Waals surface area contributed by atoms with E-state index >= 15 is 0 Å². The van der Waals surface area contributed by atoms with E-state index in [1.165, 1.54) is 0 Å². The molecule has 1 N–H and O–H groups in total. The van der Waals surface area contributed by atoms with Crippen LogP contribution in [0.5, 0.6) is 5.88 Å². The van der Waals surface area contributed by atoms with Crippen molar-refractivity contribution in [1.29, 1.82) is 0 Å². The van der Waals surface area contributed by atoms with Crippen molar-refractivity contribution in [3.05, 3.63) is 45.5 Å². The predicted octanol–water partition coefficient (Wildman–Crippen LogP) is 1.13. The lowest BCUT2D eigenvalue weighted by molar-refractivity contribution is 0.0663. The van der Waals surface area contributed by atoms with Crippen molar-refractivity contribution >= 4 is 11.9 Å². The smallest absolute Gasteiger partial charge is 0.255 e. The number of aromatic amines is 1. The average molecular weight is 425 g/mol. The molecule has 1 spiro atoms. The van der Waals surface area contributed by atoms with Gasteiger partial charge in [-0.15, -0.1) is 0 Å². The van der Waals surface area contributed by atoms with Crippen LogP contribution < -0.4 is 15.2 Å². The molecular weight excluding hydrogens is 398 g/mol. The van der Waals surface area contributed by atoms with Crippen LogP contribution >= 0.6 is 0 Å². The van der Waals surface area contributed by atoms with Crippen LogP contribution in [-0.4, -0.2) is 72.3 Å². The highest BCUT2D eigenvalue weighted by Gasteiger charge is 2.45. The average Bonchev–Trinajstić information content (AvgIpc) is 3.18. The molecule has 0 atom stereocenters. The Morgan fingerprint density at radius 3 is 2.61 bits per heavy atom. The third-order valence-corrected chi connectivity index (χ3v) is 6.87. The largest absolute Gasteiger partial charge is 0.481 e. The van der Waals surface area contributed by atoms with Crippen molar-refractivity contribution < 1.29 is 14.3 Å². The second kappa shape index (κ2) is 7.96. The summed E-state index contributed by atoms with van der Waals surface area (Å²) in [4.78, 5) is 41.7. The molecule has 0 aromatic carbocycles. The molecule has 0 unspecified atom stereocenters. The number of H-pyrrole nitrogens is 1. The number of carbonyl (C=O) groups is 1.